The zero-order chi connectivity index (χ0) is 11.7. The molecule has 0 spiro atoms. The largest absolute Gasteiger partial charge is 0.398 e. The summed E-state index contributed by atoms with van der Waals surface area (Å²) in [5, 5.41) is 0. The van der Waals surface area contributed by atoms with E-state index in [1.54, 1.807) is 0 Å². The van der Waals surface area contributed by atoms with E-state index in [4.69, 9.17) is 11.5 Å². The fraction of sp³-hybridized carbons (Fsp3) is 0. The van der Waals surface area contributed by atoms with Crippen LogP contribution in [-0.2, 0) is 0 Å². The minimum Gasteiger partial charge on any atom is -0.398 e. The molecule has 0 saturated carbocycles. The Bertz CT molecular complexity index is 489. The third-order valence-corrected chi connectivity index (χ3v) is 3.17. The van der Waals surface area contributed by atoms with Gasteiger partial charge in [-0.2, -0.15) is 0 Å². The maximum atomic E-state index is 5.71. The van der Waals surface area contributed by atoms with Gasteiger partial charge < -0.3 is 11.5 Å². The van der Waals surface area contributed by atoms with Crippen molar-refractivity contribution in [2.24, 2.45) is 0 Å². The Morgan fingerprint density at radius 1 is 0.688 bits per heavy atom. The van der Waals surface area contributed by atoms with E-state index in [2.05, 4.69) is 25.3 Å². The maximum Gasteiger partial charge on any atom is 0.0450 e. The first-order valence-corrected chi connectivity index (χ1v) is 5.65. The van der Waals surface area contributed by atoms with Gasteiger partial charge in [-0.1, -0.05) is 12.1 Å². The molecule has 4 N–H and O–H groups in total. The molecule has 82 valence electrons. The Morgan fingerprint density at radius 3 is 1.38 bits per heavy atom. The zero-order valence-corrected chi connectivity index (χ0v) is 10.3. The summed E-state index contributed by atoms with van der Waals surface area (Å²) in [6.07, 6.45) is 0. The highest BCUT2D eigenvalue weighted by molar-refractivity contribution is 7.80. The monoisotopic (exact) mass is 248 g/mol. The summed E-state index contributed by atoms with van der Waals surface area (Å²) in [5.74, 6) is 0. The van der Waals surface area contributed by atoms with Gasteiger partial charge in [0.15, 0.2) is 0 Å². The molecule has 4 heteroatoms. The van der Waals surface area contributed by atoms with Gasteiger partial charge in [-0.25, -0.2) is 0 Å². The normalized spacial score (nSPS) is 10.4. The maximum absolute atomic E-state index is 5.71. The standard InChI is InChI=1S/C12H12N2S2/c13-9-3-1-7(5-11(9)15)8-2-4-10(14)12(16)6-8/h1-6,15-16H,13-14H2. The van der Waals surface area contributed by atoms with Crippen LogP contribution in [0.4, 0.5) is 11.4 Å². The lowest BCUT2D eigenvalue weighted by molar-refractivity contribution is 1.43. The summed E-state index contributed by atoms with van der Waals surface area (Å²) >= 11 is 8.59. The Balaban J connectivity index is 2.50. The van der Waals surface area contributed by atoms with E-state index in [-0.39, 0.29) is 0 Å². The van der Waals surface area contributed by atoms with Gasteiger partial charge in [0.25, 0.3) is 0 Å². The summed E-state index contributed by atoms with van der Waals surface area (Å²) in [7, 11) is 0. The molecule has 2 nitrogen and oxygen atoms in total. The van der Waals surface area contributed by atoms with E-state index in [1.165, 1.54) is 0 Å². The van der Waals surface area contributed by atoms with Crippen molar-refractivity contribution in [3.05, 3.63) is 36.4 Å². The van der Waals surface area contributed by atoms with Crippen LogP contribution in [0.5, 0.6) is 0 Å². The lowest BCUT2D eigenvalue weighted by Crippen LogP contribution is -1.89. The van der Waals surface area contributed by atoms with Crippen molar-refractivity contribution >= 4 is 36.6 Å². The second-order valence-corrected chi connectivity index (χ2v) is 4.51. The van der Waals surface area contributed by atoms with Gasteiger partial charge >= 0.3 is 0 Å². The molecule has 0 unspecified atom stereocenters. The van der Waals surface area contributed by atoms with Crippen LogP contribution in [0.1, 0.15) is 0 Å². The number of benzene rings is 2. The number of nitrogen functional groups attached to an aromatic ring is 2. The molecule has 0 fully saturated rings. The van der Waals surface area contributed by atoms with Gasteiger partial charge in [-0.15, -0.1) is 25.3 Å². The minimum absolute atomic E-state index is 0.675. The summed E-state index contributed by atoms with van der Waals surface area (Å²) in [5.41, 5.74) is 14.9. The number of hydrogen-bond donors (Lipinski definition) is 4. The number of nitrogens with two attached hydrogens (primary N) is 2. The van der Waals surface area contributed by atoms with Crippen LogP contribution in [0.2, 0.25) is 0 Å². The third kappa shape index (κ3) is 2.13. The lowest BCUT2D eigenvalue weighted by Gasteiger charge is -2.07. The number of hydrogen-bond acceptors (Lipinski definition) is 4. The molecule has 2 aromatic carbocycles. The Kier molecular flexibility index (Phi) is 3.03. The molecule has 2 aromatic rings. The molecule has 0 aliphatic carbocycles. The average Bonchev–Trinajstić information content (AvgIpc) is 2.26. The quantitative estimate of drug-likeness (QED) is 0.463. The average molecular weight is 248 g/mol. The van der Waals surface area contributed by atoms with Gasteiger partial charge in [0.2, 0.25) is 0 Å². The van der Waals surface area contributed by atoms with Crippen LogP contribution < -0.4 is 11.5 Å². The van der Waals surface area contributed by atoms with Crippen molar-refractivity contribution in [3.8, 4) is 11.1 Å². The second-order valence-electron chi connectivity index (χ2n) is 3.55. The molecule has 0 bridgehead atoms. The minimum atomic E-state index is 0.675. The SMILES string of the molecule is Nc1ccc(-c2ccc(N)c(S)c2)cc1S. The van der Waals surface area contributed by atoms with E-state index in [0.717, 1.165) is 20.9 Å². The topological polar surface area (TPSA) is 52.0 Å². The van der Waals surface area contributed by atoms with Crippen molar-refractivity contribution in [1.82, 2.24) is 0 Å². The van der Waals surface area contributed by atoms with Crippen LogP contribution in [0, 0.1) is 0 Å². The molecule has 0 heterocycles. The summed E-state index contributed by atoms with van der Waals surface area (Å²) < 4.78 is 0. The first-order chi connectivity index (χ1) is 7.58. The predicted molar refractivity (Wildman–Crippen MR) is 75.2 cm³/mol. The van der Waals surface area contributed by atoms with Gasteiger partial charge in [-0.05, 0) is 35.4 Å². The van der Waals surface area contributed by atoms with Gasteiger partial charge in [0, 0.05) is 21.2 Å². The first-order valence-electron chi connectivity index (χ1n) is 4.75. The fourth-order valence-electron chi connectivity index (χ4n) is 1.45. The van der Waals surface area contributed by atoms with Crippen LogP contribution in [0.15, 0.2) is 46.2 Å². The lowest BCUT2D eigenvalue weighted by atomic mass is 10.1. The van der Waals surface area contributed by atoms with E-state index in [0.29, 0.717) is 11.4 Å². The highest BCUT2D eigenvalue weighted by atomic mass is 32.1. The molecule has 0 amide bonds. The molecule has 0 saturated heterocycles. The predicted octanol–water partition coefficient (Wildman–Crippen LogP) is 3.10. The highest BCUT2D eigenvalue weighted by Crippen LogP contribution is 2.29. The van der Waals surface area contributed by atoms with E-state index >= 15 is 0 Å². The van der Waals surface area contributed by atoms with E-state index in [9.17, 15) is 0 Å². The van der Waals surface area contributed by atoms with Crippen LogP contribution in [0.25, 0.3) is 11.1 Å². The Labute approximate surface area is 105 Å². The van der Waals surface area contributed by atoms with Gasteiger partial charge in [0.1, 0.15) is 0 Å². The molecule has 0 aliphatic rings. The molecular weight excluding hydrogens is 236 g/mol. The van der Waals surface area contributed by atoms with Crippen molar-refractivity contribution in [2.75, 3.05) is 11.5 Å². The van der Waals surface area contributed by atoms with Crippen LogP contribution >= 0.6 is 25.3 Å². The summed E-state index contributed by atoms with van der Waals surface area (Å²) in [6, 6.07) is 11.4. The summed E-state index contributed by atoms with van der Waals surface area (Å²) in [6.45, 7) is 0. The van der Waals surface area contributed by atoms with Crippen molar-refractivity contribution in [3.63, 3.8) is 0 Å². The molecule has 2 rings (SSSR count). The van der Waals surface area contributed by atoms with Crippen LogP contribution in [0.3, 0.4) is 0 Å². The Hall–Kier alpha value is -1.26. The number of anilines is 2. The molecule has 0 aliphatic heterocycles. The van der Waals surface area contributed by atoms with Crippen molar-refractivity contribution < 1.29 is 0 Å². The van der Waals surface area contributed by atoms with Gasteiger partial charge in [-0.3, -0.25) is 0 Å². The van der Waals surface area contributed by atoms with E-state index < -0.39 is 0 Å². The molecule has 0 atom stereocenters. The van der Waals surface area contributed by atoms with Crippen molar-refractivity contribution in [2.45, 2.75) is 9.79 Å². The summed E-state index contributed by atoms with van der Waals surface area (Å²) in [4.78, 5) is 1.55. The number of rotatable bonds is 1. The molecule has 16 heavy (non-hydrogen) atoms. The second kappa shape index (κ2) is 4.31. The Morgan fingerprint density at radius 2 is 1.06 bits per heavy atom. The fourth-order valence-corrected chi connectivity index (χ4v) is 1.87. The van der Waals surface area contributed by atoms with E-state index in [1.807, 2.05) is 36.4 Å². The number of thiol groups is 2. The smallest absolute Gasteiger partial charge is 0.0450 e. The molecular formula is C12H12N2S2. The highest BCUT2D eigenvalue weighted by Gasteiger charge is 2.02. The molecule has 0 aromatic heterocycles. The van der Waals surface area contributed by atoms with Crippen molar-refractivity contribution in [1.29, 1.82) is 0 Å². The first kappa shape index (κ1) is 11.2. The third-order valence-electron chi connectivity index (χ3n) is 2.39. The zero-order valence-electron chi connectivity index (χ0n) is 8.51. The molecule has 0 radical (unpaired) electrons. The van der Waals surface area contributed by atoms with Crippen LogP contribution in [-0.4, -0.2) is 0 Å². The van der Waals surface area contributed by atoms with Gasteiger partial charge in [0.05, 0.1) is 0 Å².